The first-order valence-corrected chi connectivity index (χ1v) is 11.9. The van der Waals surface area contributed by atoms with E-state index >= 15 is 0 Å². The van der Waals surface area contributed by atoms with Gasteiger partial charge in [-0.25, -0.2) is 4.98 Å². The number of nitrogens with one attached hydrogen (secondary N) is 2. The summed E-state index contributed by atoms with van der Waals surface area (Å²) in [6.45, 7) is 2.06. The molecule has 176 valence electrons. The van der Waals surface area contributed by atoms with Gasteiger partial charge in [-0.1, -0.05) is 44.4 Å². The maximum Gasteiger partial charge on any atom is 0.240 e. The molecule has 1 heterocycles. The Kier molecular flexibility index (Phi) is 9.42. The van der Waals surface area contributed by atoms with Gasteiger partial charge in [-0.3, -0.25) is 14.4 Å². The number of aromatic nitrogens is 1. The monoisotopic (exact) mass is 450 g/mol. The zero-order valence-corrected chi connectivity index (χ0v) is 19.4. The predicted octanol–water partition coefficient (Wildman–Crippen LogP) is 4.23. The summed E-state index contributed by atoms with van der Waals surface area (Å²) < 4.78 is 0. The van der Waals surface area contributed by atoms with Crippen LogP contribution in [0.2, 0.25) is 0 Å². The Hall–Kier alpha value is -3.22. The van der Waals surface area contributed by atoms with E-state index < -0.39 is 0 Å². The van der Waals surface area contributed by atoms with Crippen molar-refractivity contribution >= 4 is 29.2 Å². The van der Waals surface area contributed by atoms with Crippen LogP contribution in [0.5, 0.6) is 0 Å². The van der Waals surface area contributed by atoms with Crippen LogP contribution in [0.25, 0.3) is 0 Å². The highest BCUT2D eigenvalue weighted by Crippen LogP contribution is 2.20. The Morgan fingerprint density at radius 1 is 0.970 bits per heavy atom. The molecule has 3 rings (SSSR count). The third kappa shape index (κ3) is 8.00. The lowest BCUT2D eigenvalue weighted by atomic mass is 9.95. The molecule has 3 amide bonds. The number of carbonyl (C=O) groups excluding carboxylic acids is 3. The summed E-state index contributed by atoms with van der Waals surface area (Å²) in [7, 11) is 0. The van der Waals surface area contributed by atoms with Gasteiger partial charge in [-0.2, -0.15) is 0 Å². The molecule has 0 unspecified atom stereocenters. The number of benzene rings is 1. The molecule has 0 atom stereocenters. The molecular weight excluding hydrogens is 416 g/mol. The van der Waals surface area contributed by atoms with Crippen LogP contribution in [0.3, 0.4) is 0 Å². The number of aryl methyl sites for hydroxylation is 1. The maximum absolute atomic E-state index is 13.1. The Balaban J connectivity index is 1.57. The minimum atomic E-state index is -0.185. The van der Waals surface area contributed by atoms with Gasteiger partial charge in [0.05, 0.1) is 0 Å². The van der Waals surface area contributed by atoms with E-state index in [0.717, 1.165) is 32.1 Å². The number of amides is 3. The highest BCUT2D eigenvalue weighted by molar-refractivity contribution is 5.99. The number of nitrogens with zero attached hydrogens (tertiary/aromatic N) is 2. The van der Waals surface area contributed by atoms with Crippen LogP contribution in [0.15, 0.2) is 48.7 Å². The van der Waals surface area contributed by atoms with E-state index in [1.54, 1.807) is 24.4 Å². The summed E-state index contributed by atoms with van der Waals surface area (Å²) in [5.41, 5.74) is 1.87. The molecule has 0 saturated heterocycles. The van der Waals surface area contributed by atoms with Gasteiger partial charge in [0.2, 0.25) is 17.7 Å². The van der Waals surface area contributed by atoms with Gasteiger partial charge in [-0.05, 0) is 55.5 Å². The van der Waals surface area contributed by atoms with E-state index in [2.05, 4.69) is 22.5 Å². The summed E-state index contributed by atoms with van der Waals surface area (Å²) >= 11 is 0. The van der Waals surface area contributed by atoms with Crippen molar-refractivity contribution in [1.82, 2.24) is 10.3 Å². The molecule has 1 aromatic carbocycles. The molecule has 0 spiro atoms. The van der Waals surface area contributed by atoms with Crippen molar-refractivity contribution in [1.29, 1.82) is 0 Å². The molecule has 33 heavy (non-hydrogen) atoms. The number of hydrogen-bond acceptors (Lipinski definition) is 4. The van der Waals surface area contributed by atoms with Crippen LogP contribution in [-0.2, 0) is 20.8 Å². The van der Waals surface area contributed by atoms with Gasteiger partial charge in [0.1, 0.15) is 12.4 Å². The first-order valence-electron chi connectivity index (χ1n) is 11.9. The van der Waals surface area contributed by atoms with Gasteiger partial charge in [0, 0.05) is 30.8 Å². The molecular formula is C26H34N4O3. The summed E-state index contributed by atoms with van der Waals surface area (Å²) in [6, 6.07) is 13.2. The first-order chi connectivity index (χ1) is 16.0. The minimum Gasteiger partial charge on any atom is -0.352 e. The molecule has 0 aliphatic heterocycles. The molecule has 2 aromatic rings. The van der Waals surface area contributed by atoms with Crippen molar-refractivity contribution in [2.75, 3.05) is 16.8 Å². The third-order valence-corrected chi connectivity index (χ3v) is 5.96. The third-order valence-electron chi connectivity index (χ3n) is 5.96. The van der Waals surface area contributed by atoms with Crippen LogP contribution in [-0.4, -0.2) is 35.3 Å². The average Bonchev–Trinajstić information content (AvgIpc) is 2.84. The molecule has 1 aliphatic carbocycles. The molecule has 0 radical (unpaired) electrons. The summed E-state index contributed by atoms with van der Waals surface area (Å²) in [5.74, 6) is 0.00707. The number of rotatable bonds is 10. The molecule has 1 saturated carbocycles. The molecule has 1 fully saturated rings. The lowest BCUT2D eigenvalue weighted by molar-refractivity contribution is -0.124. The van der Waals surface area contributed by atoms with Gasteiger partial charge in [0.15, 0.2) is 0 Å². The topological polar surface area (TPSA) is 91.4 Å². The molecule has 7 nitrogen and oxygen atoms in total. The highest BCUT2D eigenvalue weighted by atomic mass is 16.2. The molecule has 2 N–H and O–H groups in total. The fourth-order valence-electron chi connectivity index (χ4n) is 4.08. The predicted molar refractivity (Wildman–Crippen MR) is 130 cm³/mol. The van der Waals surface area contributed by atoms with Crippen LogP contribution < -0.4 is 15.5 Å². The molecule has 0 bridgehead atoms. The maximum atomic E-state index is 13.1. The van der Waals surface area contributed by atoms with Gasteiger partial charge in [-0.15, -0.1) is 0 Å². The van der Waals surface area contributed by atoms with Gasteiger partial charge < -0.3 is 15.5 Å². The van der Waals surface area contributed by atoms with E-state index in [1.807, 2.05) is 24.3 Å². The molecule has 7 heteroatoms. The van der Waals surface area contributed by atoms with Crippen LogP contribution >= 0.6 is 0 Å². The van der Waals surface area contributed by atoms with Crippen LogP contribution in [0, 0.1) is 0 Å². The lowest BCUT2D eigenvalue weighted by Gasteiger charge is -2.26. The Bertz CT molecular complexity index is 909. The summed E-state index contributed by atoms with van der Waals surface area (Å²) in [6.07, 6.45) is 8.77. The fourth-order valence-corrected chi connectivity index (χ4v) is 4.08. The Morgan fingerprint density at radius 3 is 2.39 bits per heavy atom. The summed E-state index contributed by atoms with van der Waals surface area (Å²) in [5, 5.41) is 5.82. The second-order valence-corrected chi connectivity index (χ2v) is 8.52. The highest BCUT2D eigenvalue weighted by Gasteiger charge is 2.22. The molecule has 1 aliphatic rings. The zero-order chi connectivity index (χ0) is 23.5. The van der Waals surface area contributed by atoms with Crippen molar-refractivity contribution in [2.45, 2.75) is 70.8 Å². The molecule has 1 aromatic heterocycles. The second kappa shape index (κ2) is 12.7. The van der Waals surface area contributed by atoms with Crippen LogP contribution in [0.4, 0.5) is 11.5 Å². The van der Waals surface area contributed by atoms with Gasteiger partial charge in [0.25, 0.3) is 0 Å². The number of carbonyl (C=O) groups is 3. The average molecular weight is 451 g/mol. The van der Waals surface area contributed by atoms with Crippen molar-refractivity contribution < 1.29 is 14.4 Å². The Morgan fingerprint density at radius 2 is 1.73 bits per heavy atom. The SMILES string of the molecule is CCc1ccc(N(CC(=O)NC2CCCCC2)C(=O)CCCC(=O)Nc2ccccn2)cc1. The smallest absolute Gasteiger partial charge is 0.240 e. The summed E-state index contributed by atoms with van der Waals surface area (Å²) in [4.78, 5) is 43.6. The standard InChI is InChI=1S/C26H34N4O3/c1-2-20-14-16-22(17-15-20)30(19-25(32)28-21-9-4-3-5-10-21)26(33)13-8-12-24(31)29-23-11-6-7-18-27-23/h6-7,11,14-18,21H,2-5,8-10,12-13,19H2,1H3,(H,28,32)(H,27,29,31). The number of hydrogen-bond donors (Lipinski definition) is 2. The van der Waals surface area contributed by atoms with E-state index in [0.29, 0.717) is 17.9 Å². The minimum absolute atomic E-state index is 0.0130. The lowest BCUT2D eigenvalue weighted by Crippen LogP contribution is -2.45. The number of pyridine rings is 1. The quantitative estimate of drug-likeness (QED) is 0.567. The van der Waals surface area contributed by atoms with E-state index in [4.69, 9.17) is 0 Å². The van der Waals surface area contributed by atoms with Crippen molar-refractivity contribution in [3.8, 4) is 0 Å². The Labute approximate surface area is 196 Å². The van der Waals surface area contributed by atoms with Crippen molar-refractivity contribution in [3.05, 3.63) is 54.2 Å². The van der Waals surface area contributed by atoms with Crippen molar-refractivity contribution in [3.63, 3.8) is 0 Å². The second-order valence-electron chi connectivity index (χ2n) is 8.52. The zero-order valence-electron chi connectivity index (χ0n) is 19.4. The van der Waals surface area contributed by atoms with Crippen LogP contribution in [0.1, 0.15) is 63.9 Å². The van der Waals surface area contributed by atoms with Gasteiger partial charge >= 0.3 is 0 Å². The van der Waals surface area contributed by atoms with Crippen molar-refractivity contribution in [2.24, 2.45) is 0 Å². The van der Waals surface area contributed by atoms with E-state index in [-0.39, 0.29) is 43.1 Å². The van der Waals surface area contributed by atoms with E-state index in [1.165, 1.54) is 16.9 Å². The largest absolute Gasteiger partial charge is 0.352 e. The number of anilines is 2. The fraction of sp³-hybridized carbons (Fsp3) is 0.462. The van der Waals surface area contributed by atoms with E-state index in [9.17, 15) is 14.4 Å². The first kappa shape index (κ1) is 24.4. The normalized spacial score (nSPS) is 13.8.